The third-order valence-corrected chi connectivity index (χ3v) is 5.03. The quantitative estimate of drug-likeness (QED) is 0.289. The Hall–Kier alpha value is -4.24. The van der Waals surface area contributed by atoms with Crippen LogP contribution in [0, 0.1) is 0 Å². The van der Waals surface area contributed by atoms with E-state index in [0.717, 1.165) is 0 Å². The van der Waals surface area contributed by atoms with Crippen LogP contribution in [0.25, 0.3) is 0 Å². The van der Waals surface area contributed by atoms with E-state index >= 15 is 0 Å². The van der Waals surface area contributed by atoms with Gasteiger partial charge in [-0.25, -0.2) is 5.43 Å². The summed E-state index contributed by atoms with van der Waals surface area (Å²) >= 11 is 5.85. The van der Waals surface area contributed by atoms with Crippen molar-refractivity contribution in [3.05, 3.63) is 76.8 Å². The molecule has 9 nitrogen and oxygen atoms in total. The van der Waals surface area contributed by atoms with Crippen molar-refractivity contribution in [3.63, 3.8) is 0 Å². The molecule has 2 N–H and O–H groups in total. The zero-order valence-electron chi connectivity index (χ0n) is 20.0. The van der Waals surface area contributed by atoms with Gasteiger partial charge in [0.15, 0.2) is 29.6 Å². The number of rotatable bonds is 11. The SMILES string of the molecule is CCOc1ccc(C(=O)N/N=C/c2ccc(OCC(=O)Nc3ccc(Cl)cc3)c(OC)c2)cc1OC. The van der Waals surface area contributed by atoms with Crippen LogP contribution in [-0.2, 0) is 4.79 Å². The molecule has 0 fully saturated rings. The van der Waals surface area contributed by atoms with Gasteiger partial charge in [0.2, 0.25) is 0 Å². The number of nitrogens with one attached hydrogen (secondary N) is 2. The highest BCUT2D eigenvalue weighted by molar-refractivity contribution is 6.30. The van der Waals surface area contributed by atoms with Crippen LogP contribution in [0.3, 0.4) is 0 Å². The molecule has 0 radical (unpaired) electrons. The van der Waals surface area contributed by atoms with Gasteiger partial charge in [0.25, 0.3) is 11.8 Å². The van der Waals surface area contributed by atoms with Crippen LogP contribution < -0.4 is 29.7 Å². The van der Waals surface area contributed by atoms with Crippen molar-refractivity contribution in [3.8, 4) is 23.0 Å². The molecule has 0 aliphatic rings. The van der Waals surface area contributed by atoms with Crippen LogP contribution in [0.2, 0.25) is 5.02 Å². The molecule has 0 saturated carbocycles. The van der Waals surface area contributed by atoms with Gasteiger partial charge >= 0.3 is 0 Å². The summed E-state index contributed by atoms with van der Waals surface area (Å²) in [6, 6.07) is 16.6. The standard InChI is InChI=1S/C26H26ClN3O6/c1-4-35-21-12-6-18(14-24(21)34-3)26(32)30-28-15-17-5-11-22(23(13-17)33-2)36-16-25(31)29-20-9-7-19(27)8-10-20/h5-15H,4,16H2,1-3H3,(H,29,31)(H,30,32)/b28-15+. The average Bonchev–Trinajstić information content (AvgIpc) is 2.89. The van der Waals surface area contributed by atoms with Crippen molar-refractivity contribution in [1.82, 2.24) is 5.43 Å². The Labute approximate surface area is 214 Å². The molecule has 3 rings (SSSR count). The number of hydrazone groups is 1. The zero-order valence-corrected chi connectivity index (χ0v) is 20.8. The minimum atomic E-state index is -0.411. The summed E-state index contributed by atoms with van der Waals surface area (Å²) in [6.45, 7) is 2.13. The molecular weight excluding hydrogens is 486 g/mol. The Morgan fingerprint density at radius 2 is 1.56 bits per heavy atom. The first-order chi connectivity index (χ1) is 17.4. The van der Waals surface area contributed by atoms with Crippen molar-refractivity contribution in [2.45, 2.75) is 6.92 Å². The summed E-state index contributed by atoms with van der Waals surface area (Å²) < 4.78 is 21.7. The van der Waals surface area contributed by atoms with Crippen LogP contribution in [0.15, 0.2) is 65.8 Å². The molecular formula is C26H26ClN3O6. The second-order valence-electron chi connectivity index (χ2n) is 7.25. The van der Waals surface area contributed by atoms with Crippen LogP contribution in [0.1, 0.15) is 22.8 Å². The number of carbonyl (C=O) groups is 2. The maximum Gasteiger partial charge on any atom is 0.271 e. The van der Waals surface area contributed by atoms with Crippen LogP contribution in [0.5, 0.6) is 23.0 Å². The average molecular weight is 512 g/mol. The number of nitrogens with zero attached hydrogens (tertiary/aromatic N) is 1. The predicted molar refractivity (Wildman–Crippen MR) is 138 cm³/mol. The molecule has 36 heavy (non-hydrogen) atoms. The Balaban J connectivity index is 1.57. The summed E-state index contributed by atoms with van der Waals surface area (Å²) in [7, 11) is 2.99. The molecule has 10 heteroatoms. The zero-order chi connectivity index (χ0) is 25.9. The third kappa shape index (κ3) is 7.38. The summed E-state index contributed by atoms with van der Waals surface area (Å²) in [4.78, 5) is 24.6. The largest absolute Gasteiger partial charge is 0.493 e. The summed E-state index contributed by atoms with van der Waals surface area (Å²) in [5, 5.41) is 7.29. The Bertz CT molecular complexity index is 1230. The summed E-state index contributed by atoms with van der Waals surface area (Å²) in [5.41, 5.74) is 4.09. The molecule has 0 saturated heterocycles. The van der Waals surface area contributed by atoms with Gasteiger partial charge in [-0.3, -0.25) is 9.59 Å². The highest BCUT2D eigenvalue weighted by atomic mass is 35.5. The molecule has 0 heterocycles. The molecule has 0 atom stereocenters. The molecule has 0 bridgehead atoms. The number of methoxy groups -OCH3 is 2. The molecule has 188 valence electrons. The number of hydrogen-bond acceptors (Lipinski definition) is 7. The van der Waals surface area contributed by atoms with Crippen molar-refractivity contribution in [2.24, 2.45) is 5.10 Å². The van der Waals surface area contributed by atoms with E-state index in [1.165, 1.54) is 20.4 Å². The minimum Gasteiger partial charge on any atom is -0.493 e. The van der Waals surface area contributed by atoms with E-state index in [4.69, 9.17) is 30.5 Å². The van der Waals surface area contributed by atoms with E-state index < -0.39 is 5.91 Å². The number of amides is 2. The molecule has 0 spiro atoms. The lowest BCUT2D eigenvalue weighted by Gasteiger charge is -2.11. The lowest BCUT2D eigenvalue weighted by Crippen LogP contribution is -2.20. The number of benzene rings is 3. The first kappa shape index (κ1) is 26.4. The summed E-state index contributed by atoms with van der Waals surface area (Å²) in [5.74, 6) is 1.05. The number of ether oxygens (including phenoxy) is 4. The van der Waals surface area contributed by atoms with Gasteiger partial charge < -0.3 is 24.3 Å². The number of hydrogen-bond donors (Lipinski definition) is 2. The van der Waals surface area contributed by atoms with Crippen molar-refractivity contribution >= 4 is 35.3 Å². The number of carbonyl (C=O) groups excluding carboxylic acids is 2. The fourth-order valence-electron chi connectivity index (χ4n) is 3.07. The van der Waals surface area contributed by atoms with Gasteiger partial charge in [-0.1, -0.05) is 11.6 Å². The van der Waals surface area contributed by atoms with E-state index in [1.54, 1.807) is 60.7 Å². The van der Waals surface area contributed by atoms with Gasteiger partial charge in [-0.15, -0.1) is 0 Å². The highest BCUT2D eigenvalue weighted by Gasteiger charge is 2.11. The van der Waals surface area contributed by atoms with E-state index in [-0.39, 0.29) is 12.5 Å². The molecule has 0 aliphatic heterocycles. The van der Waals surface area contributed by atoms with Crippen LogP contribution in [-0.4, -0.2) is 45.5 Å². The van der Waals surface area contributed by atoms with Crippen molar-refractivity contribution in [2.75, 3.05) is 32.8 Å². The van der Waals surface area contributed by atoms with Gasteiger partial charge in [-0.2, -0.15) is 5.10 Å². The van der Waals surface area contributed by atoms with Gasteiger partial charge in [0, 0.05) is 16.3 Å². The molecule has 3 aromatic rings. The van der Waals surface area contributed by atoms with Crippen LogP contribution >= 0.6 is 11.6 Å². The van der Waals surface area contributed by atoms with Gasteiger partial charge in [0.05, 0.1) is 27.0 Å². The lowest BCUT2D eigenvalue weighted by atomic mass is 10.2. The molecule has 0 aliphatic carbocycles. The highest BCUT2D eigenvalue weighted by Crippen LogP contribution is 2.29. The Morgan fingerprint density at radius 3 is 2.25 bits per heavy atom. The van der Waals surface area contributed by atoms with E-state index in [0.29, 0.717) is 51.4 Å². The van der Waals surface area contributed by atoms with Crippen LogP contribution in [0.4, 0.5) is 5.69 Å². The van der Waals surface area contributed by atoms with Crippen molar-refractivity contribution in [1.29, 1.82) is 0 Å². The monoisotopic (exact) mass is 511 g/mol. The summed E-state index contributed by atoms with van der Waals surface area (Å²) in [6.07, 6.45) is 1.46. The topological polar surface area (TPSA) is 107 Å². The minimum absolute atomic E-state index is 0.214. The van der Waals surface area contributed by atoms with Gasteiger partial charge in [-0.05, 0) is 73.2 Å². The van der Waals surface area contributed by atoms with E-state index in [1.807, 2.05) is 6.92 Å². The Morgan fingerprint density at radius 1 is 0.889 bits per heavy atom. The molecule has 3 aromatic carbocycles. The fraction of sp³-hybridized carbons (Fsp3) is 0.192. The number of anilines is 1. The second kappa shape index (κ2) is 13.0. The fourth-order valence-corrected chi connectivity index (χ4v) is 3.20. The Kier molecular flexibility index (Phi) is 9.53. The van der Waals surface area contributed by atoms with Crippen molar-refractivity contribution < 1.29 is 28.5 Å². The normalized spacial score (nSPS) is 10.6. The van der Waals surface area contributed by atoms with E-state index in [2.05, 4.69) is 15.8 Å². The molecule has 0 unspecified atom stereocenters. The lowest BCUT2D eigenvalue weighted by molar-refractivity contribution is -0.118. The number of halogens is 1. The first-order valence-electron chi connectivity index (χ1n) is 10.9. The first-order valence-corrected chi connectivity index (χ1v) is 11.3. The maximum absolute atomic E-state index is 12.4. The third-order valence-electron chi connectivity index (χ3n) is 4.78. The molecule has 0 aromatic heterocycles. The predicted octanol–water partition coefficient (Wildman–Crippen LogP) is 4.54. The van der Waals surface area contributed by atoms with Gasteiger partial charge in [0.1, 0.15) is 0 Å². The maximum atomic E-state index is 12.4. The smallest absolute Gasteiger partial charge is 0.271 e. The van der Waals surface area contributed by atoms with E-state index in [9.17, 15) is 9.59 Å². The molecule has 2 amide bonds. The second-order valence-corrected chi connectivity index (χ2v) is 7.69.